The van der Waals surface area contributed by atoms with Crippen molar-refractivity contribution in [3.8, 4) is 5.75 Å². The first-order valence-corrected chi connectivity index (χ1v) is 5.51. The van der Waals surface area contributed by atoms with Crippen molar-refractivity contribution in [2.75, 3.05) is 6.61 Å². The molecular weight excluding hydrogens is 292 g/mol. The lowest BCUT2D eigenvalue weighted by Gasteiger charge is -2.14. The molecule has 2 N–H and O–H groups in total. The molecule has 0 aliphatic carbocycles. The van der Waals surface area contributed by atoms with E-state index >= 15 is 0 Å². The molecule has 0 bridgehead atoms. The van der Waals surface area contributed by atoms with Gasteiger partial charge in [0, 0.05) is 17.6 Å². The van der Waals surface area contributed by atoms with E-state index in [0.717, 1.165) is 4.47 Å². The fraction of sp³-hybridized carbons (Fsp3) is 0.300. The second-order valence-electron chi connectivity index (χ2n) is 3.24. The molecule has 0 aliphatic rings. The summed E-state index contributed by atoms with van der Waals surface area (Å²) < 4.78 is 5.95. The summed E-state index contributed by atoms with van der Waals surface area (Å²) in [6.45, 7) is 1.09. The molecule has 1 aromatic heterocycles. The maximum absolute atomic E-state index is 10.8. The minimum Gasteiger partial charge on any atom is -0.489 e. The van der Waals surface area contributed by atoms with Gasteiger partial charge >= 0.3 is 5.97 Å². The van der Waals surface area contributed by atoms with E-state index in [-0.39, 0.29) is 6.61 Å². The maximum Gasteiger partial charge on any atom is 0.329 e. The molecule has 0 saturated heterocycles. The number of ether oxygens (including phenoxy) is 1. The summed E-state index contributed by atoms with van der Waals surface area (Å²) in [5.41, 5.74) is 0. The molecule has 0 spiro atoms. The number of carbonyl (C=O) groups is 2. The molecular formula is C10H11BrN2O4. The summed E-state index contributed by atoms with van der Waals surface area (Å²) in [6.07, 6.45) is 3.03. The van der Waals surface area contributed by atoms with Crippen molar-refractivity contribution in [3.05, 3.63) is 22.9 Å². The lowest BCUT2D eigenvalue weighted by molar-refractivity contribution is -0.142. The van der Waals surface area contributed by atoms with Crippen LogP contribution in [0.4, 0.5) is 0 Å². The second kappa shape index (κ2) is 6.19. The standard InChI is InChI=1S/C10H11BrN2O4/c1-6(14)13-9(10(15)16)5-17-8-2-7(11)3-12-4-8/h2-4,9H,5H2,1H3,(H,13,14)(H,15,16). The van der Waals surface area contributed by atoms with E-state index in [2.05, 4.69) is 26.2 Å². The number of pyridine rings is 1. The van der Waals surface area contributed by atoms with Gasteiger partial charge in [-0.2, -0.15) is 0 Å². The summed E-state index contributed by atoms with van der Waals surface area (Å²) in [4.78, 5) is 25.4. The molecule has 1 aromatic rings. The number of aliphatic carboxylic acids is 1. The Morgan fingerprint density at radius 2 is 2.29 bits per heavy atom. The van der Waals surface area contributed by atoms with Crippen molar-refractivity contribution < 1.29 is 19.4 Å². The molecule has 0 fully saturated rings. The Kier molecular flexibility index (Phi) is 4.89. The minimum atomic E-state index is -1.15. The van der Waals surface area contributed by atoms with Gasteiger partial charge in [-0.1, -0.05) is 0 Å². The second-order valence-corrected chi connectivity index (χ2v) is 4.16. The van der Waals surface area contributed by atoms with Crippen molar-refractivity contribution in [2.45, 2.75) is 13.0 Å². The number of hydrogen-bond donors (Lipinski definition) is 2. The van der Waals surface area contributed by atoms with E-state index in [1.54, 1.807) is 12.3 Å². The number of carboxylic acid groups (broad SMARTS) is 1. The van der Waals surface area contributed by atoms with Crippen LogP contribution in [0.25, 0.3) is 0 Å². The number of rotatable bonds is 5. The third kappa shape index (κ3) is 4.81. The zero-order valence-electron chi connectivity index (χ0n) is 9.01. The Bertz CT molecular complexity index is 425. The van der Waals surface area contributed by atoms with Gasteiger partial charge in [-0.25, -0.2) is 4.79 Å². The maximum atomic E-state index is 10.8. The van der Waals surface area contributed by atoms with E-state index in [4.69, 9.17) is 9.84 Å². The van der Waals surface area contributed by atoms with Gasteiger partial charge in [-0.15, -0.1) is 0 Å². The van der Waals surface area contributed by atoms with Gasteiger partial charge in [-0.05, 0) is 22.0 Å². The highest BCUT2D eigenvalue weighted by Gasteiger charge is 2.19. The van der Waals surface area contributed by atoms with Crippen molar-refractivity contribution in [3.63, 3.8) is 0 Å². The zero-order valence-corrected chi connectivity index (χ0v) is 10.6. The number of carboxylic acids is 1. The highest BCUT2D eigenvalue weighted by atomic mass is 79.9. The van der Waals surface area contributed by atoms with Crippen LogP contribution >= 0.6 is 15.9 Å². The average Bonchev–Trinajstić information content (AvgIpc) is 2.23. The molecule has 0 saturated carbocycles. The van der Waals surface area contributed by atoms with Crippen LogP contribution in [0.1, 0.15) is 6.92 Å². The molecule has 1 rings (SSSR count). The van der Waals surface area contributed by atoms with Gasteiger partial charge in [0.1, 0.15) is 12.4 Å². The van der Waals surface area contributed by atoms with Gasteiger partial charge < -0.3 is 15.2 Å². The number of nitrogens with one attached hydrogen (secondary N) is 1. The van der Waals surface area contributed by atoms with Gasteiger partial charge in [0.25, 0.3) is 0 Å². The topological polar surface area (TPSA) is 88.5 Å². The van der Waals surface area contributed by atoms with Crippen LogP contribution < -0.4 is 10.1 Å². The highest BCUT2D eigenvalue weighted by molar-refractivity contribution is 9.10. The van der Waals surface area contributed by atoms with Crippen molar-refractivity contribution in [1.29, 1.82) is 0 Å². The molecule has 1 amide bonds. The summed E-state index contributed by atoms with van der Waals surface area (Å²) in [5.74, 6) is -1.15. The van der Waals surface area contributed by atoms with Crippen LogP contribution in [0.3, 0.4) is 0 Å². The predicted octanol–water partition coefficient (Wildman–Crippen LogP) is 0.812. The first-order chi connectivity index (χ1) is 7.99. The van der Waals surface area contributed by atoms with E-state index in [1.807, 2.05) is 0 Å². The molecule has 0 aliphatic heterocycles. The number of halogens is 1. The van der Waals surface area contributed by atoms with E-state index in [1.165, 1.54) is 13.1 Å². The zero-order chi connectivity index (χ0) is 12.8. The first-order valence-electron chi connectivity index (χ1n) is 4.72. The lowest BCUT2D eigenvalue weighted by atomic mass is 10.3. The fourth-order valence-corrected chi connectivity index (χ4v) is 1.41. The van der Waals surface area contributed by atoms with Gasteiger partial charge in [0.05, 0.1) is 6.20 Å². The smallest absolute Gasteiger partial charge is 0.329 e. The van der Waals surface area contributed by atoms with Crippen molar-refractivity contribution in [1.82, 2.24) is 10.3 Å². The third-order valence-electron chi connectivity index (χ3n) is 1.77. The third-order valence-corrected chi connectivity index (χ3v) is 2.21. The summed E-state index contributed by atoms with van der Waals surface area (Å²) >= 11 is 3.21. The van der Waals surface area contributed by atoms with E-state index in [9.17, 15) is 9.59 Å². The Morgan fingerprint density at radius 3 is 2.82 bits per heavy atom. The van der Waals surface area contributed by atoms with Crippen LogP contribution in [-0.4, -0.2) is 34.6 Å². The molecule has 0 radical (unpaired) electrons. The molecule has 1 heterocycles. The number of amides is 1. The first kappa shape index (κ1) is 13.4. The van der Waals surface area contributed by atoms with Crippen LogP contribution in [0.15, 0.2) is 22.9 Å². The molecule has 1 atom stereocenters. The normalized spacial score (nSPS) is 11.6. The Balaban J connectivity index is 2.57. The average molecular weight is 303 g/mol. The van der Waals surface area contributed by atoms with E-state index < -0.39 is 17.9 Å². The Hall–Kier alpha value is -1.63. The molecule has 6 nitrogen and oxygen atoms in total. The SMILES string of the molecule is CC(=O)NC(COc1cncc(Br)c1)C(=O)O. The monoisotopic (exact) mass is 302 g/mol. The van der Waals surface area contributed by atoms with Crippen LogP contribution in [0.5, 0.6) is 5.75 Å². The Labute approximate surface area is 106 Å². The molecule has 1 unspecified atom stereocenters. The van der Waals surface area contributed by atoms with Crippen LogP contribution in [0.2, 0.25) is 0 Å². The fourth-order valence-electron chi connectivity index (χ4n) is 1.07. The Morgan fingerprint density at radius 1 is 1.59 bits per heavy atom. The molecule has 0 aromatic carbocycles. The predicted molar refractivity (Wildman–Crippen MR) is 62.7 cm³/mol. The van der Waals surface area contributed by atoms with Crippen LogP contribution in [-0.2, 0) is 9.59 Å². The highest BCUT2D eigenvalue weighted by Crippen LogP contribution is 2.15. The van der Waals surface area contributed by atoms with Gasteiger partial charge in [0.2, 0.25) is 5.91 Å². The number of nitrogens with zero attached hydrogens (tertiary/aromatic N) is 1. The van der Waals surface area contributed by atoms with Crippen molar-refractivity contribution >= 4 is 27.8 Å². The molecule has 17 heavy (non-hydrogen) atoms. The van der Waals surface area contributed by atoms with Crippen molar-refractivity contribution in [2.24, 2.45) is 0 Å². The molecule has 92 valence electrons. The summed E-state index contributed by atoms with van der Waals surface area (Å²) in [5, 5.41) is 11.1. The van der Waals surface area contributed by atoms with Gasteiger partial charge in [0.15, 0.2) is 6.04 Å². The van der Waals surface area contributed by atoms with E-state index in [0.29, 0.717) is 5.75 Å². The number of carbonyl (C=O) groups excluding carboxylic acids is 1. The minimum absolute atomic E-state index is 0.160. The quantitative estimate of drug-likeness (QED) is 0.840. The summed E-state index contributed by atoms with van der Waals surface area (Å²) in [6, 6.07) is 0.575. The molecule has 7 heteroatoms. The number of aromatic nitrogens is 1. The van der Waals surface area contributed by atoms with Gasteiger partial charge in [-0.3, -0.25) is 9.78 Å². The number of hydrogen-bond acceptors (Lipinski definition) is 4. The lowest BCUT2D eigenvalue weighted by Crippen LogP contribution is -2.43. The van der Waals surface area contributed by atoms with Crippen LogP contribution in [0, 0.1) is 0 Å². The largest absolute Gasteiger partial charge is 0.489 e. The summed E-state index contributed by atoms with van der Waals surface area (Å²) in [7, 11) is 0.